The lowest BCUT2D eigenvalue weighted by Crippen LogP contribution is -2.09. The van der Waals surface area contributed by atoms with E-state index in [1.807, 2.05) is 37.4 Å². The van der Waals surface area contributed by atoms with Crippen LogP contribution in [0.15, 0.2) is 30.3 Å². The van der Waals surface area contributed by atoms with Gasteiger partial charge in [0.05, 0.1) is 12.3 Å². The third-order valence-corrected chi connectivity index (χ3v) is 3.10. The lowest BCUT2D eigenvalue weighted by atomic mass is 10.00. The molecule has 0 radical (unpaired) electrons. The van der Waals surface area contributed by atoms with E-state index in [4.69, 9.17) is 15.2 Å². The fraction of sp³-hybridized carbons (Fsp3) is 0.357. The van der Waals surface area contributed by atoms with Crippen molar-refractivity contribution in [3.05, 3.63) is 35.9 Å². The maximum absolute atomic E-state index is 5.84. The van der Waals surface area contributed by atoms with Crippen molar-refractivity contribution in [2.45, 2.75) is 6.10 Å². The Labute approximate surface area is 112 Å². The molecule has 102 valence electrons. The van der Waals surface area contributed by atoms with Crippen molar-refractivity contribution in [3.8, 4) is 11.3 Å². The van der Waals surface area contributed by atoms with Gasteiger partial charge in [-0.3, -0.25) is 4.68 Å². The molecule has 1 aromatic carbocycles. The maximum Gasteiger partial charge on any atom is 0.121 e. The van der Waals surface area contributed by atoms with Crippen LogP contribution in [0.2, 0.25) is 0 Å². The molecule has 1 unspecified atom stereocenters. The van der Waals surface area contributed by atoms with Crippen molar-refractivity contribution in [2.24, 2.45) is 7.05 Å². The number of hydrogen-bond donors (Lipinski definition) is 1. The van der Waals surface area contributed by atoms with Gasteiger partial charge in [0.15, 0.2) is 0 Å². The fourth-order valence-corrected chi connectivity index (χ4v) is 2.06. The average molecular weight is 261 g/mol. The van der Waals surface area contributed by atoms with Crippen molar-refractivity contribution in [1.29, 1.82) is 0 Å². The number of aromatic nitrogens is 2. The monoisotopic (exact) mass is 261 g/mol. The van der Waals surface area contributed by atoms with Crippen LogP contribution in [0.1, 0.15) is 11.7 Å². The summed E-state index contributed by atoms with van der Waals surface area (Å²) in [5.41, 5.74) is 8.74. The van der Waals surface area contributed by atoms with Crippen molar-refractivity contribution >= 4 is 5.82 Å². The Morgan fingerprint density at radius 1 is 1.32 bits per heavy atom. The highest BCUT2D eigenvalue weighted by molar-refractivity contribution is 5.66. The van der Waals surface area contributed by atoms with Crippen LogP contribution < -0.4 is 5.73 Å². The molecule has 0 aliphatic carbocycles. The molecule has 0 spiro atoms. The van der Waals surface area contributed by atoms with E-state index in [0.29, 0.717) is 12.4 Å². The van der Waals surface area contributed by atoms with E-state index < -0.39 is 0 Å². The quantitative estimate of drug-likeness (QED) is 0.894. The molecular formula is C14H19N3O2. The van der Waals surface area contributed by atoms with Crippen LogP contribution in [0.25, 0.3) is 11.3 Å². The summed E-state index contributed by atoms with van der Waals surface area (Å²) in [6, 6.07) is 9.85. The normalized spacial score (nSPS) is 12.6. The zero-order valence-corrected chi connectivity index (χ0v) is 11.5. The second-order valence-electron chi connectivity index (χ2n) is 4.34. The first-order valence-electron chi connectivity index (χ1n) is 6.08. The lowest BCUT2D eigenvalue weighted by Gasteiger charge is -2.17. The molecule has 2 rings (SSSR count). The summed E-state index contributed by atoms with van der Waals surface area (Å²) < 4.78 is 12.3. The summed E-state index contributed by atoms with van der Waals surface area (Å²) in [5, 5.41) is 4.41. The lowest BCUT2D eigenvalue weighted by molar-refractivity contribution is 0.0278. The van der Waals surface area contributed by atoms with Gasteiger partial charge < -0.3 is 15.2 Å². The van der Waals surface area contributed by atoms with Crippen molar-refractivity contribution < 1.29 is 9.47 Å². The molecule has 1 atom stereocenters. The Bertz CT molecular complexity index is 532. The third-order valence-electron chi connectivity index (χ3n) is 3.10. The predicted octanol–water partition coefficient (Wildman–Crippen LogP) is 2.00. The molecule has 0 saturated carbocycles. The SMILES string of the molecule is COCC(OC)c1ccccc1-c1cc(N)n(C)n1. The van der Waals surface area contributed by atoms with E-state index in [1.165, 1.54) is 0 Å². The van der Waals surface area contributed by atoms with Crippen LogP contribution in [-0.4, -0.2) is 30.6 Å². The second-order valence-corrected chi connectivity index (χ2v) is 4.34. The maximum atomic E-state index is 5.84. The fourth-order valence-electron chi connectivity index (χ4n) is 2.06. The topological polar surface area (TPSA) is 62.3 Å². The molecule has 5 heteroatoms. The zero-order chi connectivity index (χ0) is 13.8. The van der Waals surface area contributed by atoms with E-state index in [1.54, 1.807) is 18.9 Å². The Balaban J connectivity index is 2.45. The zero-order valence-electron chi connectivity index (χ0n) is 11.5. The van der Waals surface area contributed by atoms with Gasteiger partial charge in [-0.05, 0) is 5.56 Å². The molecule has 19 heavy (non-hydrogen) atoms. The molecule has 2 N–H and O–H groups in total. The third kappa shape index (κ3) is 2.77. The van der Waals surface area contributed by atoms with Gasteiger partial charge in [-0.25, -0.2) is 0 Å². The minimum Gasteiger partial charge on any atom is -0.384 e. The number of methoxy groups -OCH3 is 2. The van der Waals surface area contributed by atoms with Crippen molar-refractivity contribution in [2.75, 3.05) is 26.6 Å². The minimum absolute atomic E-state index is 0.121. The molecule has 0 aliphatic heterocycles. The molecule has 0 bridgehead atoms. The Hall–Kier alpha value is -1.85. The van der Waals surface area contributed by atoms with Crippen LogP contribution in [-0.2, 0) is 16.5 Å². The Morgan fingerprint density at radius 2 is 2.05 bits per heavy atom. The number of aryl methyl sites for hydroxylation is 1. The van der Waals surface area contributed by atoms with E-state index in [9.17, 15) is 0 Å². The predicted molar refractivity (Wildman–Crippen MR) is 74.7 cm³/mol. The van der Waals surface area contributed by atoms with Gasteiger partial charge in [-0.2, -0.15) is 5.10 Å². The number of nitrogen functional groups attached to an aromatic ring is 1. The summed E-state index contributed by atoms with van der Waals surface area (Å²) in [4.78, 5) is 0. The van der Waals surface area contributed by atoms with Crippen LogP contribution in [0.5, 0.6) is 0 Å². The van der Waals surface area contributed by atoms with Gasteiger partial charge in [0.25, 0.3) is 0 Å². The molecule has 0 fully saturated rings. The van der Waals surface area contributed by atoms with Gasteiger partial charge in [0.2, 0.25) is 0 Å². The van der Waals surface area contributed by atoms with Crippen molar-refractivity contribution in [1.82, 2.24) is 9.78 Å². The van der Waals surface area contributed by atoms with Crippen molar-refractivity contribution in [3.63, 3.8) is 0 Å². The van der Waals surface area contributed by atoms with Gasteiger partial charge >= 0.3 is 0 Å². The average Bonchev–Trinajstić information content (AvgIpc) is 2.76. The van der Waals surface area contributed by atoms with Gasteiger partial charge in [-0.15, -0.1) is 0 Å². The number of hydrogen-bond acceptors (Lipinski definition) is 4. The van der Waals surface area contributed by atoms with Crippen LogP contribution in [0.4, 0.5) is 5.82 Å². The summed E-state index contributed by atoms with van der Waals surface area (Å²) in [6.07, 6.45) is -0.121. The number of anilines is 1. The van der Waals surface area contributed by atoms with Gasteiger partial charge in [0, 0.05) is 32.9 Å². The second kappa shape index (κ2) is 5.86. The van der Waals surface area contributed by atoms with Gasteiger partial charge in [-0.1, -0.05) is 24.3 Å². The standard InChI is InChI=1S/C14H19N3O2/c1-17-14(15)8-12(16-17)10-6-4-5-7-11(10)13(19-3)9-18-2/h4-8,13H,9,15H2,1-3H3. The number of nitrogens with two attached hydrogens (primary N) is 1. The Kier molecular flexibility index (Phi) is 4.19. The highest BCUT2D eigenvalue weighted by Gasteiger charge is 2.17. The molecule has 1 heterocycles. The highest BCUT2D eigenvalue weighted by Crippen LogP contribution is 2.29. The summed E-state index contributed by atoms with van der Waals surface area (Å²) >= 11 is 0. The number of rotatable bonds is 5. The first-order valence-corrected chi connectivity index (χ1v) is 6.08. The molecule has 5 nitrogen and oxygen atoms in total. The molecule has 2 aromatic rings. The largest absolute Gasteiger partial charge is 0.384 e. The molecule has 0 aliphatic rings. The Morgan fingerprint density at radius 3 is 2.63 bits per heavy atom. The number of nitrogens with zero attached hydrogens (tertiary/aromatic N) is 2. The van der Waals surface area contributed by atoms with E-state index >= 15 is 0 Å². The summed E-state index contributed by atoms with van der Waals surface area (Å²) in [5.74, 6) is 0.630. The first-order chi connectivity index (χ1) is 9.17. The molecule has 1 aromatic heterocycles. The summed E-state index contributed by atoms with van der Waals surface area (Å²) in [7, 11) is 5.16. The van der Waals surface area contributed by atoms with Crippen LogP contribution >= 0.6 is 0 Å². The van der Waals surface area contributed by atoms with Crippen LogP contribution in [0.3, 0.4) is 0 Å². The van der Waals surface area contributed by atoms with E-state index in [-0.39, 0.29) is 6.10 Å². The number of benzene rings is 1. The highest BCUT2D eigenvalue weighted by atomic mass is 16.5. The molecule has 0 saturated heterocycles. The summed E-state index contributed by atoms with van der Waals surface area (Å²) in [6.45, 7) is 0.496. The smallest absolute Gasteiger partial charge is 0.121 e. The van der Waals surface area contributed by atoms with E-state index in [0.717, 1.165) is 16.8 Å². The first kappa shape index (κ1) is 13.6. The number of ether oxygens (including phenoxy) is 2. The molecule has 0 amide bonds. The van der Waals surface area contributed by atoms with Crippen LogP contribution in [0, 0.1) is 0 Å². The van der Waals surface area contributed by atoms with E-state index in [2.05, 4.69) is 5.10 Å². The molecular weight excluding hydrogens is 242 g/mol. The van der Waals surface area contributed by atoms with Gasteiger partial charge in [0.1, 0.15) is 11.9 Å². The minimum atomic E-state index is -0.121.